The van der Waals surface area contributed by atoms with Gasteiger partial charge in [0.25, 0.3) is 11.8 Å². The summed E-state index contributed by atoms with van der Waals surface area (Å²) in [5, 5.41) is 12.0. The van der Waals surface area contributed by atoms with Crippen molar-refractivity contribution < 1.29 is 28.6 Å². The van der Waals surface area contributed by atoms with Crippen molar-refractivity contribution in [3.63, 3.8) is 0 Å². The highest BCUT2D eigenvalue weighted by atomic mass is 16.5. The van der Waals surface area contributed by atoms with Crippen LogP contribution in [0.15, 0.2) is 70.3 Å². The largest absolute Gasteiger partial charge is 0.503 e. The van der Waals surface area contributed by atoms with Crippen LogP contribution in [0.2, 0.25) is 0 Å². The third kappa shape index (κ3) is 3.49. The van der Waals surface area contributed by atoms with Crippen molar-refractivity contribution in [2.75, 3.05) is 50.8 Å². The molecule has 1 saturated heterocycles. The smallest absolute Gasteiger partial charge is 0.290 e. The lowest BCUT2D eigenvalue weighted by atomic mass is 9.81. The van der Waals surface area contributed by atoms with Crippen molar-refractivity contribution in [1.82, 2.24) is 9.80 Å². The summed E-state index contributed by atoms with van der Waals surface area (Å²) in [6.45, 7) is 5.58. The SMILES string of the molecule is CCCN1C(=O)[C@@]2(C(C(=O)c3cc4ccccc4o3)=C(O)C(=O)N2CCN2CCOCC2)c2ccccc21. The lowest BCUT2D eigenvalue weighted by Gasteiger charge is -2.37. The van der Waals surface area contributed by atoms with E-state index in [1.54, 1.807) is 35.2 Å². The number of rotatable bonds is 7. The summed E-state index contributed by atoms with van der Waals surface area (Å²) in [5.41, 5.74) is -0.385. The molecule has 1 atom stereocenters. The molecule has 0 aliphatic carbocycles. The molecular weight excluding hydrogens is 486 g/mol. The minimum atomic E-state index is -1.78. The standard InChI is InChI=1S/C29H29N3O6/c1-2-11-31-21-9-5-4-8-20(21)29(28(31)36)24(25(33)23-18-19-7-3-6-10-22(19)38-23)26(34)27(35)32(29)13-12-30-14-16-37-17-15-30/h3-10,18,34H,2,11-17H2,1H3/t29-/m0/s1. The molecule has 1 aromatic heterocycles. The molecule has 196 valence electrons. The van der Waals surface area contributed by atoms with Gasteiger partial charge in [0.1, 0.15) is 5.58 Å². The fraction of sp³-hybridized carbons (Fsp3) is 0.345. The van der Waals surface area contributed by atoms with Crippen LogP contribution in [0.25, 0.3) is 11.0 Å². The number of aliphatic hydroxyl groups is 1. The first-order valence-electron chi connectivity index (χ1n) is 13.0. The Morgan fingerprint density at radius 2 is 1.74 bits per heavy atom. The predicted octanol–water partition coefficient (Wildman–Crippen LogP) is 3.25. The highest BCUT2D eigenvalue weighted by molar-refractivity contribution is 6.26. The lowest BCUT2D eigenvalue weighted by Crippen LogP contribution is -2.56. The second-order valence-corrected chi connectivity index (χ2v) is 9.80. The van der Waals surface area contributed by atoms with Crippen LogP contribution in [0, 0.1) is 0 Å². The summed E-state index contributed by atoms with van der Waals surface area (Å²) < 4.78 is 11.3. The number of carbonyl (C=O) groups is 3. The van der Waals surface area contributed by atoms with Crippen molar-refractivity contribution >= 4 is 34.3 Å². The Labute approximate surface area is 219 Å². The van der Waals surface area contributed by atoms with Gasteiger partial charge >= 0.3 is 0 Å². The Hall–Kier alpha value is -3.95. The molecular formula is C29H29N3O6. The summed E-state index contributed by atoms with van der Waals surface area (Å²) in [4.78, 5) is 47.4. The van der Waals surface area contributed by atoms with Crippen LogP contribution in [-0.2, 0) is 19.9 Å². The Morgan fingerprint density at radius 3 is 2.50 bits per heavy atom. The van der Waals surface area contributed by atoms with Gasteiger partial charge < -0.3 is 24.1 Å². The minimum absolute atomic E-state index is 0.0332. The molecule has 1 N–H and O–H groups in total. The number of benzene rings is 2. The molecule has 1 fully saturated rings. The maximum absolute atomic E-state index is 14.4. The summed E-state index contributed by atoms with van der Waals surface area (Å²) in [5.74, 6) is -2.57. The van der Waals surface area contributed by atoms with E-state index in [0.717, 1.165) is 0 Å². The molecule has 9 heteroatoms. The quantitative estimate of drug-likeness (QED) is 0.482. The molecule has 6 rings (SSSR count). The first-order valence-corrected chi connectivity index (χ1v) is 13.0. The van der Waals surface area contributed by atoms with E-state index in [-0.39, 0.29) is 17.9 Å². The molecule has 3 aliphatic rings. The van der Waals surface area contributed by atoms with Crippen LogP contribution in [0.3, 0.4) is 0 Å². The molecule has 0 unspecified atom stereocenters. The molecule has 4 heterocycles. The Bertz CT molecular complexity index is 1440. The molecule has 0 radical (unpaired) electrons. The Morgan fingerprint density at radius 1 is 1.00 bits per heavy atom. The molecule has 1 spiro atoms. The number of carbonyl (C=O) groups excluding carboxylic acids is 3. The normalized spacial score (nSPS) is 21.8. The van der Waals surface area contributed by atoms with E-state index < -0.39 is 28.9 Å². The summed E-state index contributed by atoms with van der Waals surface area (Å²) in [7, 11) is 0. The van der Waals surface area contributed by atoms with Gasteiger partial charge in [0.05, 0.1) is 24.5 Å². The number of Topliss-reactive ketones (excluding diaryl/α,β-unsaturated/α-hetero) is 1. The van der Waals surface area contributed by atoms with Gasteiger partial charge in [0, 0.05) is 43.7 Å². The van der Waals surface area contributed by atoms with Crippen LogP contribution >= 0.6 is 0 Å². The second-order valence-electron chi connectivity index (χ2n) is 9.80. The number of fused-ring (bicyclic) bond motifs is 3. The minimum Gasteiger partial charge on any atom is -0.503 e. The van der Waals surface area contributed by atoms with Gasteiger partial charge in [-0.3, -0.25) is 19.3 Å². The monoisotopic (exact) mass is 515 g/mol. The first-order chi connectivity index (χ1) is 18.5. The van der Waals surface area contributed by atoms with Gasteiger partial charge in [-0.05, 0) is 24.6 Å². The lowest BCUT2D eigenvalue weighted by molar-refractivity contribution is -0.140. The van der Waals surface area contributed by atoms with Crippen molar-refractivity contribution in [2.24, 2.45) is 0 Å². The molecule has 38 heavy (non-hydrogen) atoms. The molecule has 0 saturated carbocycles. The van der Waals surface area contributed by atoms with Gasteiger partial charge in [-0.25, -0.2) is 0 Å². The third-order valence-electron chi connectivity index (χ3n) is 7.66. The van der Waals surface area contributed by atoms with Crippen LogP contribution in [0.5, 0.6) is 0 Å². The van der Waals surface area contributed by atoms with E-state index in [1.165, 1.54) is 4.90 Å². The molecule has 9 nitrogen and oxygen atoms in total. The van der Waals surface area contributed by atoms with Gasteiger partial charge in [0.2, 0.25) is 5.78 Å². The van der Waals surface area contributed by atoms with Crippen LogP contribution in [0.1, 0.15) is 29.5 Å². The number of ketones is 1. The van der Waals surface area contributed by atoms with Crippen LogP contribution in [-0.4, -0.2) is 78.4 Å². The third-order valence-corrected chi connectivity index (χ3v) is 7.66. The van der Waals surface area contributed by atoms with Gasteiger partial charge in [-0.2, -0.15) is 0 Å². The van der Waals surface area contributed by atoms with E-state index in [4.69, 9.17) is 9.15 Å². The van der Waals surface area contributed by atoms with E-state index in [9.17, 15) is 19.5 Å². The maximum atomic E-state index is 14.4. The fourth-order valence-electron chi connectivity index (χ4n) is 5.90. The number of aliphatic hydroxyl groups excluding tert-OH is 1. The van der Waals surface area contributed by atoms with Gasteiger partial charge in [0.15, 0.2) is 17.1 Å². The van der Waals surface area contributed by atoms with E-state index in [0.29, 0.717) is 68.0 Å². The van der Waals surface area contributed by atoms with Crippen LogP contribution in [0.4, 0.5) is 5.69 Å². The number of anilines is 1. The number of nitrogens with zero attached hydrogens (tertiary/aromatic N) is 3. The molecule has 0 bridgehead atoms. The zero-order valence-electron chi connectivity index (χ0n) is 21.2. The van der Waals surface area contributed by atoms with E-state index in [1.807, 2.05) is 31.2 Å². The first kappa shape index (κ1) is 24.4. The number of amides is 2. The van der Waals surface area contributed by atoms with Gasteiger partial charge in [-0.1, -0.05) is 43.3 Å². The zero-order valence-corrected chi connectivity index (χ0v) is 21.2. The molecule has 2 amide bonds. The average Bonchev–Trinajstić information content (AvgIpc) is 3.55. The number of para-hydroxylation sites is 2. The zero-order chi connectivity index (χ0) is 26.4. The molecule has 3 aromatic rings. The molecule has 2 aromatic carbocycles. The summed E-state index contributed by atoms with van der Waals surface area (Å²) in [6.07, 6.45) is 0.681. The average molecular weight is 516 g/mol. The maximum Gasteiger partial charge on any atom is 0.290 e. The van der Waals surface area contributed by atoms with Crippen molar-refractivity contribution in [3.8, 4) is 0 Å². The van der Waals surface area contributed by atoms with Crippen molar-refractivity contribution in [1.29, 1.82) is 0 Å². The number of hydrogen-bond donors (Lipinski definition) is 1. The van der Waals surface area contributed by atoms with E-state index in [2.05, 4.69) is 4.90 Å². The highest BCUT2D eigenvalue weighted by Gasteiger charge is 2.65. The number of hydrogen-bond acceptors (Lipinski definition) is 7. The number of furan rings is 1. The summed E-state index contributed by atoms with van der Waals surface area (Å²) in [6, 6.07) is 16.0. The predicted molar refractivity (Wildman–Crippen MR) is 140 cm³/mol. The highest BCUT2D eigenvalue weighted by Crippen LogP contribution is 2.53. The number of ether oxygens (including phenoxy) is 1. The van der Waals surface area contributed by atoms with Gasteiger partial charge in [-0.15, -0.1) is 0 Å². The van der Waals surface area contributed by atoms with E-state index >= 15 is 0 Å². The second kappa shape index (κ2) is 9.41. The molecule has 3 aliphatic heterocycles. The van der Waals surface area contributed by atoms with Crippen LogP contribution < -0.4 is 4.90 Å². The Balaban J connectivity index is 1.50. The Kier molecular flexibility index (Phi) is 6.04. The summed E-state index contributed by atoms with van der Waals surface area (Å²) >= 11 is 0. The topological polar surface area (TPSA) is 104 Å². The number of morpholine rings is 1. The fourth-order valence-corrected chi connectivity index (χ4v) is 5.90. The van der Waals surface area contributed by atoms with Crippen molar-refractivity contribution in [3.05, 3.63) is 77.3 Å². The van der Waals surface area contributed by atoms with Crippen molar-refractivity contribution in [2.45, 2.75) is 18.9 Å².